The van der Waals surface area contributed by atoms with Crippen LogP contribution in [0.5, 0.6) is 17.2 Å². The summed E-state index contributed by atoms with van der Waals surface area (Å²) in [7, 11) is 1.54. The average molecular weight is 307 g/mol. The van der Waals surface area contributed by atoms with E-state index in [2.05, 4.69) is 0 Å². The van der Waals surface area contributed by atoms with Crippen molar-refractivity contribution in [3.63, 3.8) is 0 Å². The van der Waals surface area contributed by atoms with Crippen molar-refractivity contribution in [1.29, 1.82) is 0 Å². The minimum atomic E-state index is -1.14. The number of halogens is 1. The first-order valence-electron chi connectivity index (χ1n) is 6.43. The van der Waals surface area contributed by atoms with E-state index in [4.69, 9.17) is 21.1 Å². The standard InChI is InChI=1S/C16H15ClO4/c1-3-10-7-8-12(14(9-10)20-2)21-13-6-4-5-11(17)15(13)16(18)19/h4-9H,3H2,1-2H3,(H,18,19). The third kappa shape index (κ3) is 3.28. The van der Waals surface area contributed by atoms with E-state index in [9.17, 15) is 9.90 Å². The predicted octanol–water partition coefficient (Wildman–Crippen LogP) is 4.40. The van der Waals surface area contributed by atoms with E-state index < -0.39 is 5.97 Å². The molecule has 0 saturated carbocycles. The largest absolute Gasteiger partial charge is 0.493 e. The van der Waals surface area contributed by atoms with Crippen LogP contribution in [0, 0.1) is 0 Å². The first-order valence-corrected chi connectivity index (χ1v) is 6.81. The lowest BCUT2D eigenvalue weighted by molar-refractivity contribution is 0.0694. The Bertz CT molecular complexity index is 667. The van der Waals surface area contributed by atoms with Crippen LogP contribution in [0.15, 0.2) is 36.4 Å². The normalized spacial score (nSPS) is 10.2. The molecule has 0 atom stereocenters. The van der Waals surface area contributed by atoms with Gasteiger partial charge in [0.2, 0.25) is 0 Å². The fraction of sp³-hybridized carbons (Fsp3) is 0.188. The van der Waals surface area contributed by atoms with Crippen molar-refractivity contribution in [3.8, 4) is 17.2 Å². The number of carboxylic acid groups (broad SMARTS) is 1. The molecule has 0 aliphatic rings. The lowest BCUT2D eigenvalue weighted by atomic mass is 10.1. The highest BCUT2D eigenvalue weighted by molar-refractivity contribution is 6.33. The predicted molar refractivity (Wildman–Crippen MR) is 80.9 cm³/mol. The van der Waals surface area contributed by atoms with Gasteiger partial charge in [-0.3, -0.25) is 0 Å². The minimum absolute atomic E-state index is 0.0687. The first kappa shape index (κ1) is 15.2. The molecule has 21 heavy (non-hydrogen) atoms. The molecule has 0 saturated heterocycles. The number of hydrogen-bond acceptors (Lipinski definition) is 3. The van der Waals surface area contributed by atoms with Gasteiger partial charge in [0.1, 0.15) is 11.3 Å². The first-order chi connectivity index (χ1) is 10.1. The van der Waals surface area contributed by atoms with Crippen molar-refractivity contribution < 1.29 is 19.4 Å². The molecule has 0 bridgehead atoms. The molecular weight excluding hydrogens is 292 g/mol. The Balaban J connectivity index is 2.43. The van der Waals surface area contributed by atoms with Gasteiger partial charge < -0.3 is 14.6 Å². The maximum atomic E-state index is 11.3. The Morgan fingerprint density at radius 2 is 1.95 bits per heavy atom. The van der Waals surface area contributed by atoms with Gasteiger partial charge in [0.15, 0.2) is 11.5 Å². The number of rotatable bonds is 5. The van der Waals surface area contributed by atoms with Crippen molar-refractivity contribution in [2.45, 2.75) is 13.3 Å². The van der Waals surface area contributed by atoms with Crippen LogP contribution in [-0.2, 0) is 6.42 Å². The highest BCUT2D eigenvalue weighted by Crippen LogP contribution is 2.35. The molecule has 0 amide bonds. The second-order valence-electron chi connectivity index (χ2n) is 4.36. The van der Waals surface area contributed by atoms with Crippen LogP contribution in [0.2, 0.25) is 5.02 Å². The summed E-state index contributed by atoms with van der Waals surface area (Å²) >= 11 is 5.92. The highest BCUT2D eigenvalue weighted by Gasteiger charge is 2.17. The van der Waals surface area contributed by atoms with E-state index in [0.717, 1.165) is 12.0 Å². The monoisotopic (exact) mass is 306 g/mol. The fourth-order valence-electron chi connectivity index (χ4n) is 1.93. The number of benzene rings is 2. The van der Waals surface area contributed by atoms with Crippen molar-refractivity contribution in [2.75, 3.05) is 7.11 Å². The number of hydrogen-bond donors (Lipinski definition) is 1. The summed E-state index contributed by atoms with van der Waals surface area (Å²) in [6, 6.07) is 10.2. The molecule has 2 aromatic rings. The van der Waals surface area contributed by atoms with Crippen molar-refractivity contribution in [2.24, 2.45) is 0 Å². The van der Waals surface area contributed by atoms with E-state index in [1.807, 2.05) is 19.1 Å². The molecular formula is C16H15ClO4. The molecule has 0 aromatic heterocycles. The number of carbonyl (C=O) groups is 1. The Labute approximate surface area is 127 Å². The molecule has 4 nitrogen and oxygen atoms in total. The zero-order chi connectivity index (χ0) is 15.4. The Kier molecular flexibility index (Phi) is 4.70. The second-order valence-corrected chi connectivity index (χ2v) is 4.77. The van der Waals surface area contributed by atoms with Crippen LogP contribution in [0.3, 0.4) is 0 Å². The summed E-state index contributed by atoms with van der Waals surface area (Å²) in [5.74, 6) is 0.0300. The van der Waals surface area contributed by atoms with Gasteiger partial charge in [-0.2, -0.15) is 0 Å². The molecule has 0 radical (unpaired) electrons. The van der Waals surface area contributed by atoms with E-state index >= 15 is 0 Å². The van der Waals surface area contributed by atoms with Crippen molar-refractivity contribution in [3.05, 3.63) is 52.5 Å². The van der Waals surface area contributed by atoms with E-state index in [-0.39, 0.29) is 16.3 Å². The topological polar surface area (TPSA) is 55.8 Å². The molecule has 1 N–H and O–H groups in total. The molecule has 0 spiro atoms. The van der Waals surface area contributed by atoms with Gasteiger partial charge in [-0.05, 0) is 36.2 Å². The molecule has 2 aromatic carbocycles. The van der Waals surface area contributed by atoms with Gasteiger partial charge >= 0.3 is 5.97 Å². The Morgan fingerprint density at radius 1 is 1.19 bits per heavy atom. The summed E-state index contributed by atoms with van der Waals surface area (Å²) in [5.41, 5.74) is 1.03. The SMILES string of the molecule is CCc1ccc(Oc2cccc(Cl)c2C(=O)O)c(OC)c1. The van der Waals surface area contributed by atoms with Crippen molar-refractivity contribution in [1.82, 2.24) is 0 Å². The molecule has 0 aliphatic heterocycles. The Hall–Kier alpha value is -2.20. The lowest BCUT2D eigenvalue weighted by Gasteiger charge is -2.13. The third-order valence-corrected chi connectivity index (χ3v) is 3.36. The Morgan fingerprint density at radius 3 is 2.57 bits per heavy atom. The lowest BCUT2D eigenvalue weighted by Crippen LogP contribution is -2.01. The zero-order valence-electron chi connectivity index (χ0n) is 11.7. The van der Waals surface area contributed by atoms with Gasteiger partial charge in [0.25, 0.3) is 0 Å². The van der Waals surface area contributed by atoms with Gasteiger partial charge in [0, 0.05) is 0 Å². The van der Waals surface area contributed by atoms with Crippen LogP contribution < -0.4 is 9.47 Å². The van der Waals surface area contributed by atoms with Crippen LogP contribution in [0.1, 0.15) is 22.8 Å². The maximum Gasteiger partial charge on any atom is 0.341 e. The van der Waals surface area contributed by atoms with Crippen LogP contribution in [-0.4, -0.2) is 18.2 Å². The third-order valence-electron chi connectivity index (χ3n) is 3.05. The molecule has 0 heterocycles. The second kappa shape index (κ2) is 6.50. The number of ether oxygens (including phenoxy) is 2. The molecule has 0 unspecified atom stereocenters. The molecule has 5 heteroatoms. The number of aromatic carboxylic acids is 1. The molecule has 0 fully saturated rings. The van der Waals surface area contributed by atoms with E-state index in [0.29, 0.717) is 11.5 Å². The number of aryl methyl sites for hydroxylation is 1. The molecule has 2 rings (SSSR count). The fourth-order valence-corrected chi connectivity index (χ4v) is 2.18. The summed E-state index contributed by atoms with van der Waals surface area (Å²) in [6.07, 6.45) is 0.869. The van der Waals surface area contributed by atoms with E-state index in [1.165, 1.54) is 13.2 Å². The number of carboxylic acids is 1. The van der Waals surface area contributed by atoms with Gasteiger partial charge in [-0.15, -0.1) is 0 Å². The molecule has 0 aliphatic carbocycles. The maximum absolute atomic E-state index is 11.3. The highest BCUT2D eigenvalue weighted by atomic mass is 35.5. The summed E-state index contributed by atoms with van der Waals surface area (Å²) in [6.45, 7) is 2.04. The summed E-state index contributed by atoms with van der Waals surface area (Å²) < 4.78 is 11.0. The van der Waals surface area contributed by atoms with Crippen molar-refractivity contribution >= 4 is 17.6 Å². The number of methoxy groups -OCH3 is 1. The van der Waals surface area contributed by atoms with Gasteiger partial charge in [-0.25, -0.2) is 4.79 Å². The molecule has 110 valence electrons. The van der Waals surface area contributed by atoms with Crippen LogP contribution in [0.4, 0.5) is 0 Å². The van der Waals surface area contributed by atoms with Crippen LogP contribution >= 0.6 is 11.6 Å². The van der Waals surface area contributed by atoms with Crippen LogP contribution in [0.25, 0.3) is 0 Å². The smallest absolute Gasteiger partial charge is 0.341 e. The quantitative estimate of drug-likeness (QED) is 0.889. The van der Waals surface area contributed by atoms with E-state index in [1.54, 1.807) is 18.2 Å². The average Bonchev–Trinajstić information content (AvgIpc) is 2.47. The summed E-state index contributed by atoms with van der Waals surface area (Å²) in [5, 5.41) is 9.37. The van der Waals surface area contributed by atoms with Gasteiger partial charge in [-0.1, -0.05) is 30.7 Å². The summed E-state index contributed by atoms with van der Waals surface area (Å²) in [4.78, 5) is 11.3. The van der Waals surface area contributed by atoms with Gasteiger partial charge in [0.05, 0.1) is 12.1 Å². The minimum Gasteiger partial charge on any atom is -0.493 e. The zero-order valence-corrected chi connectivity index (χ0v) is 12.5.